The van der Waals surface area contributed by atoms with E-state index in [4.69, 9.17) is 4.74 Å². The highest BCUT2D eigenvalue weighted by atomic mass is 32.2. The quantitative estimate of drug-likeness (QED) is 0.916. The van der Waals surface area contributed by atoms with Crippen LogP contribution in [0.2, 0.25) is 0 Å². The van der Waals surface area contributed by atoms with Crippen LogP contribution in [0.25, 0.3) is 0 Å². The predicted molar refractivity (Wildman–Crippen MR) is 78.4 cm³/mol. The molecule has 0 saturated carbocycles. The van der Waals surface area contributed by atoms with Crippen LogP contribution < -0.4 is 4.72 Å². The van der Waals surface area contributed by atoms with E-state index < -0.39 is 27.9 Å². The molecule has 1 aliphatic rings. The van der Waals surface area contributed by atoms with E-state index in [0.29, 0.717) is 5.56 Å². The molecule has 1 fully saturated rings. The van der Waals surface area contributed by atoms with Crippen LogP contribution in [-0.4, -0.2) is 38.0 Å². The summed E-state index contributed by atoms with van der Waals surface area (Å²) in [5, 5.41) is 0. The number of ether oxygens (including phenoxy) is 1. The van der Waals surface area contributed by atoms with Gasteiger partial charge in [-0.05, 0) is 38.5 Å². The molecule has 2 rings (SSSR count). The minimum Gasteiger partial charge on any atom is -0.373 e. The van der Waals surface area contributed by atoms with E-state index in [0.717, 1.165) is 12.1 Å². The van der Waals surface area contributed by atoms with Crippen LogP contribution in [0, 0.1) is 11.6 Å². The van der Waals surface area contributed by atoms with Crippen molar-refractivity contribution in [3.63, 3.8) is 0 Å². The molecule has 1 aromatic carbocycles. The fraction of sp³-hybridized carbons (Fsp3) is 0.571. The van der Waals surface area contributed by atoms with Crippen molar-refractivity contribution in [1.82, 2.24) is 9.03 Å². The number of morpholine rings is 1. The smallest absolute Gasteiger partial charge is 0.280 e. The summed E-state index contributed by atoms with van der Waals surface area (Å²) in [7, 11) is -3.73. The van der Waals surface area contributed by atoms with Gasteiger partial charge in [0.1, 0.15) is 0 Å². The van der Waals surface area contributed by atoms with Gasteiger partial charge in [-0.15, -0.1) is 0 Å². The summed E-state index contributed by atoms with van der Waals surface area (Å²) in [5.41, 5.74) is 0.358. The molecule has 1 saturated heterocycles. The van der Waals surface area contributed by atoms with E-state index in [2.05, 4.69) is 4.72 Å². The Balaban J connectivity index is 2.12. The molecule has 1 N–H and O–H groups in total. The Morgan fingerprint density at radius 2 is 1.82 bits per heavy atom. The van der Waals surface area contributed by atoms with Gasteiger partial charge in [-0.3, -0.25) is 0 Å². The zero-order chi connectivity index (χ0) is 16.5. The van der Waals surface area contributed by atoms with Crippen LogP contribution in [0.3, 0.4) is 0 Å². The topological polar surface area (TPSA) is 58.6 Å². The number of hydrogen-bond acceptors (Lipinski definition) is 3. The van der Waals surface area contributed by atoms with Crippen molar-refractivity contribution in [2.24, 2.45) is 0 Å². The largest absolute Gasteiger partial charge is 0.373 e. The van der Waals surface area contributed by atoms with Gasteiger partial charge in [0.05, 0.1) is 12.2 Å². The maximum atomic E-state index is 13.3. The van der Waals surface area contributed by atoms with Gasteiger partial charge in [-0.2, -0.15) is 17.4 Å². The normalized spacial score (nSPS) is 25.1. The minimum atomic E-state index is -3.73. The van der Waals surface area contributed by atoms with E-state index in [1.807, 2.05) is 0 Å². The number of halogens is 2. The third kappa shape index (κ3) is 4.01. The lowest BCUT2D eigenvalue weighted by Crippen LogP contribution is -2.52. The van der Waals surface area contributed by atoms with E-state index in [-0.39, 0.29) is 25.3 Å². The highest BCUT2D eigenvalue weighted by Gasteiger charge is 2.32. The first kappa shape index (κ1) is 17.3. The Labute approximate surface area is 129 Å². The highest BCUT2D eigenvalue weighted by Crippen LogP contribution is 2.19. The number of nitrogens with one attached hydrogen (secondary N) is 1. The molecule has 22 heavy (non-hydrogen) atoms. The summed E-state index contributed by atoms with van der Waals surface area (Å²) < 4.78 is 60.3. The maximum absolute atomic E-state index is 13.3. The molecule has 0 radical (unpaired) electrons. The first-order valence-electron chi connectivity index (χ1n) is 7.07. The summed E-state index contributed by atoms with van der Waals surface area (Å²) in [6.45, 7) is 5.69. The van der Waals surface area contributed by atoms with Gasteiger partial charge in [0.2, 0.25) is 0 Å². The van der Waals surface area contributed by atoms with Crippen LogP contribution in [0.5, 0.6) is 0 Å². The van der Waals surface area contributed by atoms with E-state index in [9.17, 15) is 17.2 Å². The molecule has 0 aromatic heterocycles. The second-order valence-electron chi connectivity index (χ2n) is 5.59. The van der Waals surface area contributed by atoms with Crippen molar-refractivity contribution in [2.75, 3.05) is 13.1 Å². The Morgan fingerprint density at radius 1 is 1.23 bits per heavy atom. The van der Waals surface area contributed by atoms with Crippen LogP contribution in [-0.2, 0) is 14.9 Å². The van der Waals surface area contributed by atoms with Gasteiger partial charge in [-0.1, -0.05) is 6.07 Å². The van der Waals surface area contributed by atoms with Crippen LogP contribution in [0.1, 0.15) is 32.4 Å². The molecule has 124 valence electrons. The predicted octanol–water partition coefficient (Wildman–Crippen LogP) is 1.97. The molecule has 1 aromatic rings. The fourth-order valence-electron chi connectivity index (χ4n) is 2.47. The van der Waals surface area contributed by atoms with E-state index in [1.165, 1.54) is 10.4 Å². The van der Waals surface area contributed by atoms with Crippen LogP contribution >= 0.6 is 0 Å². The van der Waals surface area contributed by atoms with Gasteiger partial charge in [0.25, 0.3) is 10.2 Å². The maximum Gasteiger partial charge on any atom is 0.280 e. The van der Waals surface area contributed by atoms with Crippen molar-refractivity contribution >= 4 is 10.2 Å². The highest BCUT2D eigenvalue weighted by molar-refractivity contribution is 7.87. The van der Waals surface area contributed by atoms with Crippen LogP contribution in [0.4, 0.5) is 8.78 Å². The lowest BCUT2D eigenvalue weighted by atomic mass is 10.1. The molecule has 1 aliphatic heterocycles. The Kier molecular flexibility index (Phi) is 5.16. The SMILES string of the molecule is CC1CN(S(=O)(=O)NC(C)c2ccc(F)c(F)c2)CC(C)O1. The standard InChI is InChI=1S/C14H20F2N2O3S/c1-9-7-18(8-10(2)21-9)22(19,20)17-11(3)12-4-5-13(15)14(16)6-12/h4-6,9-11,17H,7-8H2,1-3H3. The first-order chi connectivity index (χ1) is 10.2. The Morgan fingerprint density at radius 3 is 2.36 bits per heavy atom. The van der Waals surface area contributed by atoms with Crippen molar-refractivity contribution < 1.29 is 21.9 Å². The average molecular weight is 334 g/mol. The Hall–Kier alpha value is -1.09. The minimum absolute atomic E-state index is 0.195. The second kappa shape index (κ2) is 6.57. The van der Waals surface area contributed by atoms with Gasteiger partial charge < -0.3 is 4.74 Å². The van der Waals surface area contributed by atoms with E-state index >= 15 is 0 Å². The van der Waals surface area contributed by atoms with Crippen molar-refractivity contribution in [3.8, 4) is 0 Å². The Bertz CT molecular complexity index is 629. The molecule has 0 aliphatic carbocycles. The van der Waals surface area contributed by atoms with Gasteiger partial charge in [0, 0.05) is 19.1 Å². The lowest BCUT2D eigenvalue weighted by Gasteiger charge is -2.35. The molecule has 8 heteroatoms. The van der Waals surface area contributed by atoms with Gasteiger partial charge >= 0.3 is 0 Å². The van der Waals surface area contributed by atoms with Crippen molar-refractivity contribution in [1.29, 1.82) is 0 Å². The third-order valence-corrected chi connectivity index (χ3v) is 5.12. The molecule has 0 bridgehead atoms. The summed E-state index contributed by atoms with van der Waals surface area (Å²) in [5.74, 6) is -1.97. The van der Waals surface area contributed by atoms with Crippen molar-refractivity contribution in [2.45, 2.75) is 39.0 Å². The summed E-state index contributed by atoms with van der Waals surface area (Å²) in [4.78, 5) is 0. The molecule has 1 heterocycles. The molecular formula is C14H20F2N2O3S. The van der Waals surface area contributed by atoms with Crippen molar-refractivity contribution in [3.05, 3.63) is 35.4 Å². The van der Waals surface area contributed by atoms with Gasteiger partial charge in [-0.25, -0.2) is 8.78 Å². The summed E-state index contributed by atoms with van der Waals surface area (Å²) in [6, 6.07) is 2.66. The molecule has 3 atom stereocenters. The summed E-state index contributed by atoms with van der Waals surface area (Å²) >= 11 is 0. The average Bonchev–Trinajstić information content (AvgIpc) is 2.40. The number of benzene rings is 1. The van der Waals surface area contributed by atoms with Crippen LogP contribution in [0.15, 0.2) is 18.2 Å². The molecular weight excluding hydrogens is 314 g/mol. The number of rotatable bonds is 4. The third-order valence-electron chi connectivity index (χ3n) is 3.50. The zero-order valence-electron chi connectivity index (χ0n) is 12.7. The summed E-state index contributed by atoms with van der Waals surface area (Å²) in [6.07, 6.45) is -0.391. The lowest BCUT2D eigenvalue weighted by molar-refractivity contribution is -0.0444. The number of nitrogens with zero attached hydrogens (tertiary/aromatic N) is 1. The molecule has 0 amide bonds. The fourth-order valence-corrected chi connectivity index (χ4v) is 4.02. The molecule has 3 unspecified atom stereocenters. The monoisotopic (exact) mass is 334 g/mol. The molecule has 0 spiro atoms. The number of hydrogen-bond donors (Lipinski definition) is 1. The second-order valence-corrected chi connectivity index (χ2v) is 7.29. The zero-order valence-corrected chi connectivity index (χ0v) is 13.5. The first-order valence-corrected chi connectivity index (χ1v) is 8.51. The van der Waals surface area contributed by atoms with E-state index in [1.54, 1.807) is 20.8 Å². The molecule has 5 nitrogen and oxygen atoms in total. The van der Waals surface area contributed by atoms with Gasteiger partial charge in [0.15, 0.2) is 11.6 Å².